The Hall–Kier alpha value is -3.14. The highest BCUT2D eigenvalue weighted by atomic mass is 32.1. The van der Waals surface area contributed by atoms with Gasteiger partial charge >= 0.3 is 0 Å². The van der Waals surface area contributed by atoms with Crippen molar-refractivity contribution in [1.82, 2.24) is 0 Å². The topological polar surface area (TPSA) is 13.1 Å². The fraction of sp³-hybridized carbons (Fsp3) is 0.0714. The van der Waals surface area contributed by atoms with E-state index in [1.54, 1.807) is 0 Å². The molecule has 0 saturated heterocycles. The molecule has 0 fully saturated rings. The fourth-order valence-electron chi connectivity index (χ4n) is 4.07. The molecule has 150 valence electrons. The van der Waals surface area contributed by atoms with Crippen molar-refractivity contribution in [2.75, 3.05) is 0 Å². The summed E-state index contributed by atoms with van der Waals surface area (Å²) in [5.41, 5.74) is 6.86. The molecule has 0 radical (unpaired) electrons. The monoisotopic (exact) mass is 436 g/mol. The van der Waals surface area contributed by atoms with Crippen LogP contribution in [0.3, 0.4) is 0 Å². The van der Waals surface area contributed by atoms with Gasteiger partial charge in [-0.3, -0.25) is 0 Å². The SMILES string of the molecule is Cc1ccc2c(c1)oc1cc(-c3ccc(-c4ccc(-c5ccc(C)s5)cc4)s3)ccc12. The molecule has 0 spiro atoms. The summed E-state index contributed by atoms with van der Waals surface area (Å²) in [6, 6.07) is 30.7. The first-order valence-corrected chi connectivity index (χ1v) is 12.0. The van der Waals surface area contributed by atoms with Crippen LogP contribution in [0.25, 0.3) is 53.3 Å². The van der Waals surface area contributed by atoms with E-state index in [1.807, 2.05) is 22.7 Å². The second kappa shape index (κ2) is 7.23. The van der Waals surface area contributed by atoms with Crippen LogP contribution >= 0.6 is 22.7 Å². The first-order chi connectivity index (χ1) is 15.1. The zero-order chi connectivity index (χ0) is 20.9. The van der Waals surface area contributed by atoms with Gasteiger partial charge in [-0.05, 0) is 78.6 Å². The van der Waals surface area contributed by atoms with Crippen molar-refractivity contribution < 1.29 is 4.42 Å². The lowest BCUT2D eigenvalue weighted by atomic mass is 10.1. The summed E-state index contributed by atoms with van der Waals surface area (Å²) >= 11 is 3.66. The van der Waals surface area contributed by atoms with Crippen LogP contribution < -0.4 is 0 Å². The third-order valence-electron chi connectivity index (χ3n) is 5.71. The van der Waals surface area contributed by atoms with Gasteiger partial charge in [0.1, 0.15) is 11.2 Å². The van der Waals surface area contributed by atoms with Crippen molar-refractivity contribution in [3.8, 4) is 31.3 Å². The van der Waals surface area contributed by atoms with Gasteiger partial charge < -0.3 is 4.42 Å². The fourth-order valence-corrected chi connectivity index (χ4v) is 5.95. The molecule has 0 atom stereocenters. The van der Waals surface area contributed by atoms with Gasteiger partial charge in [0.25, 0.3) is 0 Å². The maximum atomic E-state index is 6.15. The molecule has 0 amide bonds. The van der Waals surface area contributed by atoms with Crippen molar-refractivity contribution >= 4 is 44.6 Å². The summed E-state index contributed by atoms with van der Waals surface area (Å²) in [4.78, 5) is 5.21. The molecule has 0 unspecified atom stereocenters. The highest BCUT2D eigenvalue weighted by Gasteiger charge is 2.11. The molecule has 3 heteroatoms. The summed E-state index contributed by atoms with van der Waals surface area (Å²) in [6.07, 6.45) is 0. The minimum Gasteiger partial charge on any atom is -0.456 e. The Morgan fingerprint density at radius 3 is 1.74 bits per heavy atom. The second-order valence-corrected chi connectivity index (χ2v) is 10.3. The minimum absolute atomic E-state index is 0.948. The van der Waals surface area contributed by atoms with E-state index in [9.17, 15) is 0 Å². The van der Waals surface area contributed by atoms with Gasteiger partial charge in [0.15, 0.2) is 0 Å². The van der Waals surface area contributed by atoms with Crippen LogP contribution in [0.2, 0.25) is 0 Å². The van der Waals surface area contributed by atoms with Gasteiger partial charge in [0, 0.05) is 30.3 Å². The normalized spacial score (nSPS) is 11.5. The van der Waals surface area contributed by atoms with E-state index in [0.29, 0.717) is 0 Å². The maximum Gasteiger partial charge on any atom is 0.136 e. The van der Waals surface area contributed by atoms with Crippen LogP contribution in [0.1, 0.15) is 10.4 Å². The van der Waals surface area contributed by atoms with E-state index in [4.69, 9.17) is 4.42 Å². The maximum absolute atomic E-state index is 6.15. The molecule has 6 rings (SSSR count). The molecule has 1 nitrogen and oxygen atoms in total. The summed E-state index contributed by atoms with van der Waals surface area (Å²) in [6.45, 7) is 4.25. The molecule has 0 aliphatic heterocycles. The Labute approximate surface area is 189 Å². The lowest BCUT2D eigenvalue weighted by molar-refractivity contribution is 0.669. The van der Waals surface area contributed by atoms with Gasteiger partial charge in [0.05, 0.1) is 0 Å². The molecule has 3 aromatic heterocycles. The molecule has 3 heterocycles. The Kier molecular flexibility index (Phi) is 4.34. The Morgan fingerprint density at radius 1 is 0.516 bits per heavy atom. The summed E-state index contributed by atoms with van der Waals surface area (Å²) in [5, 5.41) is 2.36. The van der Waals surface area contributed by atoms with Crippen LogP contribution in [-0.4, -0.2) is 0 Å². The largest absolute Gasteiger partial charge is 0.456 e. The zero-order valence-corrected chi connectivity index (χ0v) is 18.9. The van der Waals surface area contributed by atoms with E-state index >= 15 is 0 Å². The smallest absolute Gasteiger partial charge is 0.136 e. The van der Waals surface area contributed by atoms with E-state index in [-0.39, 0.29) is 0 Å². The molecule has 6 aromatic rings. The molecule has 0 aliphatic carbocycles. The number of benzene rings is 3. The average Bonchev–Trinajstić information content (AvgIpc) is 3.51. The van der Waals surface area contributed by atoms with Crippen molar-refractivity contribution in [3.63, 3.8) is 0 Å². The molecule has 0 saturated carbocycles. The van der Waals surface area contributed by atoms with E-state index in [1.165, 1.54) is 52.5 Å². The lowest BCUT2D eigenvalue weighted by Crippen LogP contribution is -1.74. The number of aryl methyl sites for hydroxylation is 2. The molecule has 31 heavy (non-hydrogen) atoms. The number of furan rings is 1. The Bertz CT molecular complexity index is 1540. The third-order valence-corrected chi connectivity index (χ3v) is 7.95. The first kappa shape index (κ1) is 18.6. The second-order valence-electron chi connectivity index (χ2n) is 7.96. The first-order valence-electron chi connectivity index (χ1n) is 10.3. The molecule has 0 bridgehead atoms. The predicted molar refractivity (Wildman–Crippen MR) is 135 cm³/mol. The van der Waals surface area contributed by atoms with Crippen LogP contribution in [-0.2, 0) is 0 Å². The summed E-state index contributed by atoms with van der Waals surface area (Å²) in [5.74, 6) is 0. The summed E-state index contributed by atoms with van der Waals surface area (Å²) in [7, 11) is 0. The van der Waals surface area contributed by atoms with Gasteiger partial charge in [-0.15, -0.1) is 22.7 Å². The average molecular weight is 437 g/mol. The third kappa shape index (κ3) is 3.31. The van der Waals surface area contributed by atoms with Crippen LogP contribution in [0.5, 0.6) is 0 Å². The highest BCUT2D eigenvalue weighted by molar-refractivity contribution is 7.18. The molecule has 3 aromatic carbocycles. The van der Waals surface area contributed by atoms with Crippen LogP contribution in [0.15, 0.2) is 89.3 Å². The lowest BCUT2D eigenvalue weighted by Gasteiger charge is -2.01. The van der Waals surface area contributed by atoms with Gasteiger partial charge in [-0.1, -0.05) is 42.5 Å². The van der Waals surface area contributed by atoms with Crippen LogP contribution in [0.4, 0.5) is 0 Å². The molecule has 0 aliphatic rings. The Morgan fingerprint density at radius 2 is 1.06 bits per heavy atom. The van der Waals surface area contributed by atoms with Gasteiger partial charge in [0.2, 0.25) is 0 Å². The quantitative estimate of drug-likeness (QED) is 0.269. The zero-order valence-electron chi connectivity index (χ0n) is 17.3. The number of fused-ring (bicyclic) bond motifs is 3. The number of hydrogen-bond acceptors (Lipinski definition) is 3. The van der Waals surface area contributed by atoms with Crippen molar-refractivity contribution in [2.45, 2.75) is 13.8 Å². The van der Waals surface area contributed by atoms with E-state index < -0.39 is 0 Å². The van der Waals surface area contributed by atoms with E-state index in [0.717, 1.165) is 11.2 Å². The van der Waals surface area contributed by atoms with Gasteiger partial charge in [-0.2, -0.15) is 0 Å². The van der Waals surface area contributed by atoms with Crippen molar-refractivity contribution in [2.24, 2.45) is 0 Å². The molecule has 0 N–H and O–H groups in total. The van der Waals surface area contributed by atoms with Crippen molar-refractivity contribution in [1.29, 1.82) is 0 Å². The van der Waals surface area contributed by atoms with Crippen molar-refractivity contribution in [3.05, 3.63) is 95.4 Å². The summed E-state index contributed by atoms with van der Waals surface area (Å²) < 4.78 is 6.15. The predicted octanol–water partition coefficient (Wildman–Crippen LogP) is 9.33. The minimum atomic E-state index is 0.948. The highest BCUT2D eigenvalue weighted by Crippen LogP contribution is 2.38. The number of thiophene rings is 2. The Balaban J connectivity index is 1.33. The van der Waals surface area contributed by atoms with E-state index in [2.05, 4.69) is 98.8 Å². The standard InChI is InChI=1S/C28H20OS2/c1-17-3-10-22-23-11-9-21(16-25(23)29-24(22)15-17)28-14-13-27(31-28)20-7-5-19(6-8-20)26-12-4-18(2)30-26/h3-16H,1-2H3. The number of rotatable bonds is 3. The number of hydrogen-bond donors (Lipinski definition) is 0. The molecular weight excluding hydrogens is 416 g/mol. The van der Waals surface area contributed by atoms with Crippen LogP contribution in [0, 0.1) is 13.8 Å². The van der Waals surface area contributed by atoms with Gasteiger partial charge in [-0.25, -0.2) is 0 Å². The molecular formula is C28H20OS2.